The molecule has 0 fully saturated rings. The molecule has 0 bridgehead atoms. The Kier molecular flexibility index (Phi) is 20.9. The van der Waals surface area contributed by atoms with Crippen molar-refractivity contribution in [1.82, 2.24) is 10.4 Å². The minimum absolute atomic E-state index is 1.13. The fourth-order valence-corrected chi connectivity index (χ4v) is 3.33. The van der Waals surface area contributed by atoms with E-state index in [-0.39, 0.29) is 0 Å². The second kappa shape index (κ2) is 21.0. The van der Waals surface area contributed by atoms with E-state index in [0.717, 1.165) is 6.54 Å². The molecule has 0 spiro atoms. The van der Waals surface area contributed by atoms with Crippen LogP contribution in [0.4, 0.5) is 0 Å². The first-order chi connectivity index (χ1) is 11.8. The molecule has 0 atom stereocenters. The highest BCUT2D eigenvalue weighted by Gasteiger charge is 1.95. The molecule has 0 unspecified atom stereocenters. The van der Waals surface area contributed by atoms with E-state index in [2.05, 4.69) is 26.4 Å². The molecule has 2 heteroatoms. The Bertz CT molecular complexity index is 216. The highest BCUT2D eigenvalue weighted by Crippen LogP contribution is 2.14. The maximum atomic E-state index is 3.33. The molecule has 146 valence electrons. The highest BCUT2D eigenvalue weighted by molar-refractivity contribution is 4.51. The van der Waals surface area contributed by atoms with Crippen molar-refractivity contribution < 1.29 is 0 Å². The van der Waals surface area contributed by atoms with Gasteiger partial charge in [-0.15, -0.1) is 0 Å². The smallest absolute Gasteiger partial charge is 0.0102 e. The second-order valence-electron chi connectivity index (χ2n) is 7.81. The van der Waals surface area contributed by atoms with Crippen LogP contribution in [0.2, 0.25) is 0 Å². The molecule has 0 saturated carbocycles. The van der Waals surface area contributed by atoms with E-state index in [1.54, 1.807) is 0 Å². The number of hydrazine groups is 1. The van der Waals surface area contributed by atoms with Crippen molar-refractivity contribution in [1.29, 1.82) is 0 Å². The average Bonchev–Trinajstić information content (AvgIpc) is 2.56. The SMILES string of the molecule is CCCCCCCCCCCCCCCCCCCCNN(C)C. The molecule has 0 aliphatic carbocycles. The van der Waals surface area contributed by atoms with Gasteiger partial charge in [0.05, 0.1) is 0 Å². The monoisotopic (exact) mass is 340 g/mol. The van der Waals surface area contributed by atoms with Crippen LogP contribution in [0.5, 0.6) is 0 Å². The summed E-state index contributed by atoms with van der Waals surface area (Å²) in [6, 6.07) is 0. The third-order valence-electron chi connectivity index (χ3n) is 4.96. The normalized spacial score (nSPS) is 11.5. The quantitative estimate of drug-likeness (QED) is 0.188. The van der Waals surface area contributed by atoms with Gasteiger partial charge in [-0.25, -0.2) is 0 Å². The van der Waals surface area contributed by atoms with Crippen molar-refractivity contribution in [3.8, 4) is 0 Å². The maximum Gasteiger partial charge on any atom is 0.0102 e. The lowest BCUT2D eigenvalue weighted by Crippen LogP contribution is -2.30. The molecule has 1 N–H and O–H groups in total. The number of unbranched alkanes of at least 4 members (excludes halogenated alkanes) is 17. The summed E-state index contributed by atoms with van der Waals surface area (Å²) < 4.78 is 0. The summed E-state index contributed by atoms with van der Waals surface area (Å²) in [6.45, 7) is 3.43. The Morgan fingerprint density at radius 1 is 0.458 bits per heavy atom. The molecule has 0 aromatic heterocycles. The van der Waals surface area contributed by atoms with Gasteiger partial charge in [0.1, 0.15) is 0 Å². The van der Waals surface area contributed by atoms with Gasteiger partial charge in [-0.1, -0.05) is 116 Å². The summed E-state index contributed by atoms with van der Waals surface area (Å²) in [5.74, 6) is 0. The van der Waals surface area contributed by atoms with Crippen molar-refractivity contribution in [2.75, 3.05) is 20.6 Å². The Balaban J connectivity index is 2.95. The van der Waals surface area contributed by atoms with E-state index < -0.39 is 0 Å². The molecule has 2 nitrogen and oxygen atoms in total. The predicted molar refractivity (Wildman–Crippen MR) is 110 cm³/mol. The van der Waals surface area contributed by atoms with Gasteiger partial charge in [-0.3, -0.25) is 10.4 Å². The summed E-state index contributed by atoms with van der Waals surface area (Å²) in [5.41, 5.74) is 3.33. The fourth-order valence-electron chi connectivity index (χ4n) is 3.33. The molecular weight excluding hydrogens is 292 g/mol. The molecule has 0 rings (SSSR count). The van der Waals surface area contributed by atoms with Crippen molar-refractivity contribution >= 4 is 0 Å². The number of nitrogens with one attached hydrogen (secondary N) is 1. The first kappa shape index (κ1) is 23.9. The van der Waals surface area contributed by atoms with Gasteiger partial charge in [0.25, 0.3) is 0 Å². The molecule has 0 aliphatic heterocycles. The van der Waals surface area contributed by atoms with Crippen LogP contribution in [-0.4, -0.2) is 25.6 Å². The van der Waals surface area contributed by atoms with Gasteiger partial charge in [-0.05, 0) is 6.42 Å². The van der Waals surface area contributed by atoms with Crippen LogP contribution in [0.1, 0.15) is 122 Å². The zero-order valence-corrected chi connectivity index (χ0v) is 17.4. The van der Waals surface area contributed by atoms with Crippen LogP contribution in [0.3, 0.4) is 0 Å². The van der Waals surface area contributed by atoms with Crippen LogP contribution in [0.15, 0.2) is 0 Å². The van der Waals surface area contributed by atoms with Crippen LogP contribution in [0.25, 0.3) is 0 Å². The van der Waals surface area contributed by atoms with E-state index in [1.807, 2.05) is 5.01 Å². The van der Waals surface area contributed by atoms with E-state index in [9.17, 15) is 0 Å². The Hall–Kier alpha value is -0.0800. The van der Waals surface area contributed by atoms with Gasteiger partial charge in [0, 0.05) is 20.6 Å². The fraction of sp³-hybridized carbons (Fsp3) is 1.00. The van der Waals surface area contributed by atoms with Crippen LogP contribution >= 0.6 is 0 Å². The van der Waals surface area contributed by atoms with E-state index in [4.69, 9.17) is 0 Å². The lowest BCUT2D eigenvalue weighted by molar-refractivity contribution is 0.286. The largest absolute Gasteiger partial charge is 0.256 e. The molecule has 24 heavy (non-hydrogen) atoms. The molecule has 0 heterocycles. The van der Waals surface area contributed by atoms with Gasteiger partial charge in [0.15, 0.2) is 0 Å². The first-order valence-electron chi connectivity index (χ1n) is 11.2. The molecule has 0 saturated heterocycles. The van der Waals surface area contributed by atoms with Gasteiger partial charge < -0.3 is 0 Å². The van der Waals surface area contributed by atoms with Crippen LogP contribution in [-0.2, 0) is 0 Å². The summed E-state index contributed by atoms with van der Waals surface area (Å²) >= 11 is 0. The minimum atomic E-state index is 1.13. The molecular formula is C22H48N2. The molecule has 0 amide bonds. The number of nitrogens with zero attached hydrogens (tertiary/aromatic N) is 1. The summed E-state index contributed by atoms with van der Waals surface area (Å²) in [5, 5.41) is 2.05. The number of hydrogen-bond acceptors (Lipinski definition) is 2. The highest BCUT2D eigenvalue weighted by atomic mass is 15.5. The van der Waals surface area contributed by atoms with Crippen molar-refractivity contribution in [2.45, 2.75) is 122 Å². The number of rotatable bonds is 20. The summed E-state index contributed by atoms with van der Waals surface area (Å²) in [7, 11) is 4.13. The van der Waals surface area contributed by atoms with E-state index in [0.29, 0.717) is 0 Å². The summed E-state index contributed by atoms with van der Waals surface area (Å²) in [4.78, 5) is 0. The standard InChI is InChI=1S/C22H48N2/c1-4-5-6-7-8-9-10-11-12-13-14-15-16-17-18-19-20-21-22-23-24(2)3/h23H,4-22H2,1-3H3. The van der Waals surface area contributed by atoms with E-state index >= 15 is 0 Å². The zero-order valence-electron chi connectivity index (χ0n) is 17.4. The Labute approximate surface area is 154 Å². The third kappa shape index (κ3) is 21.9. The average molecular weight is 341 g/mol. The zero-order chi connectivity index (χ0) is 17.7. The summed E-state index contributed by atoms with van der Waals surface area (Å²) in [6.07, 6.45) is 26.1. The van der Waals surface area contributed by atoms with Crippen LogP contribution < -0.4 is 5.43 Å². The van der Waals surface area contributed by atoms with E-state index in [1.165, 1.54) is 116 Å². The first-order valence-corrected chi connectivity index (χ1v) is 11.2. The van der Waals surface area contributed by atoms with Crippen molar-refractivity contribution in [3.05, 3.63) is 0 Å². The minimum Gasteiger partial charge on any atom is -0.256 e. The molecule has 0 radical (unpaired) electrons. The lowest BCUT2D eigenvalue weighted by atomic mass is 10.0. The van der Waals surface area contributed by atoms with Crippen molar-refractivity contribution in [3.63, 3.8) is 0 Å². The van der Waals surface area contributed by atoms with Gasteiger partial charge in [0.2, 0.25) is 0 Å². The van der Waals surface area contributed by atoms with Gasteiger partial charge in [-0.2, -0.15) is 0 Å². The molecule has 0 aromatic carbocycles. The molecule has 0 aliphatic rings. The number of hydrogen-bond donors (Lipinski definition) is 1. The Morgan fingerprint density at radius 2 is 0.750 bits per heavy atom. The predicted octanol–water partition coefficient (Wildman–Crippen LogP) is 7.09. The van der Waals surface area contributed by atoms with Gasteiger partial charge >= 0.3 is 0 Å². The Morgan fingerprint density at radius 3 is 1.04 bits per heavy atom. The lowest BCUT2D eigenvalue weighted by Gasteiger charge is -2.11. The topological polar surface area (TPSA) is 15.3 Å². The van der Waals surface area contributed by atoms with Crippen molar-refractivity contribution in [2.24, 2.45) is 0 Å². The van der Waals surface area contributed by atoms with Crippen LogP contribution in [0, 0.1) is 0 Å². The maximum absolute atomic E-state index is 3.33. The second-order valence-corrected chi connectivity index (χ2v) is 7.81. The molecule has 0 aromatic rings. The third-order valence-corrected chi connectivity index (χ3v) is 4.96.